The van der Waals surface area contributed by atoms with Gasteiger partial charge in [-0.3, -0.25) is 5.41 Å². The van der Waals surface area contributed by atoms with Crippen LogP contribution >= 0.6 is 0 Å². The Labute approximate surface area is 64.3 Å². The van der Waals surface area contributed by atoms with E-state index in [1.54, 1.807) is 24.7 Å². The molecule has 0 spiro atoms. The average molecular weight is 148 g/mol. The van der Waals surface area contributed by atoms with Gasteiger partial charge >= 0.3 is 0 Å². The van der Waals surface area contributed by atoms with Gasteiger partial charge in [0, 0.05) is 13.2 Å². The second-order valence-corrected chi connectivity index (χ2v) is 2.27. The van der Waals surface area contributed by atoms with Crippen LogP contribution in [-0.2, 0) is 7.05 Å². The first kappa shape index (κ1) is 7.48. The quantitative estimate of drug-likeness (QED) is 0.566. The first-order valence-electron chi connectivity index (χ1n) is 3.14. The molecule has 0 unspecified atom stereocenters. The van der Waals surface area contributed by atoms with E-state index in [0.717, 1.165) is 5.82 Å². The van der Waals surface area contributed by atoms with Crippen molar-refractivity contribution in [3.05, 3.63) is 23.1 Å². The predicted octanol–water partition coefficient (Wildman–Crippen LogP) is 0.0797. The number of aryl methyl sites for hydroxylation is 2. The third-order valence-electron chi connectivity index (χ3n) is 1.48. The summed E-state index contributed by atoms with van der Waals surface area (Å²) in [5.74, 6) is 0.731. The minimum atomic E-state index is 0.0445. The number of hydrogen-bond donors (Lipinski definition) is 1. The van der Waals surface area contributed by atoms with Crippen LogP contribution in [0.3, 0.4) is 0 Å². The molecule has 0 aliphatic rings. The number of nitrogens with zero attached hydrogens (tertiary/aromatic N) is 3. The molecule has 1 aromatic heterocycles. The van der Waals surface area contributed by atoms with Crippen LogP contribution in [0.2, 0.25) is 0 Å². The summed E-state index contributed by atoms with van der Waals surface area (Å²) in [6, 6.07) is 1.89. The number of hydrogen-bond acceptors (Lipinski definition) is 3. The van der Waals surface area contributed by atoms with E-state index >= 15 is 0 Å². The highest BCUT2D eigenvalue weighted by atomic mass is 15.0. The zero-order valence-electron chi connectivity index (χ0n) is 6.42. The summed E-state index contributed by atoms with van der Waals surface area (Å²) in [5.41, 5.74) is 0.348. The smallest absolute Gasteiger partial charge is 0.166 e. The molecule has 0 aromatic carbocycles. The van der Waals surface area contributed by atoms with Crippen molar-refractivity contribution >= 4 is 0 Å². The van der Waals surface area contributed by atoms with E-state index in [0.29, 0.717) is 5.56 Å². The van der Waals surface area contributed by atoms with E-state index < -0.39 is 0 Å². The lowest BCUT2D eigenvalue weighted by Gasteiger charge is -2.01. The Morgan fingerprint density at radius 3 is 2.91 bits per heavy atom. The average Bonchev–Trinajstić information content (AvgIpc) is 1.97. The van der Waals surface area contributed by atoms with Crippen molar-refractivity contribution < 1.29 is 0 Å². The third kappa shape index (κ3) is 1.27. The van der Waals surface area contributed by atoms with Crippen LogP contribution < -0.4 is 5.49 Å². The van der Waals surface area contributed by atoms with Crippen LogP contribution in [0, 0.1) is 23.7 Å². The van der Waals surface area contributed by atoms with Gasteiger partial charge < -0.3 is 4.57 Å². The molecule has 1 rings (SSSR count). The van der Waals surface area contributed by atoms with Gasteiger partial charge in [-0.15, -0.1) is 0 Å². The topological polar surface area (TPSA) is 65.5 Å². The maximum atomic E-state index is 8.51. The van der Waals surface area contributed by atoms with Gasteiger partial charge in [-0.05, 0) is 6.92 Å². The summed E-state index contributed by atoms with van der Waals surface area (Å²) in [7, 11) is 1.79. The molecule has 4 heteroatoms. The van der Waals surface area contributed by atoms with E-state index in [4.69, 9.17) is 10.7 Å². The lowest BCUT2D eigenvalue weighted by Crippen LogP contribution is -2.16. The van der Waals surface area contributed by atoms with Crippen molar-refractivity contribution in [1.82, 2.24) is 9.55 Å². The standard InChI is InChI=1S/C7H8N4/c1-5-10-7(9)6(3-8)4-11(5)2/h4,9H,1-2H3. The molecular weight excluding hydrogens is 140 g/mol. The summed E-state index contributed by atoms with van der Waals surface area (Å²) in [6.07, 6.45) is 1.60. The predicted molar refractivity (Wildman–Crippen MR) is 38.5 cm³/mol. The zero-order chi connectivity index (χ0) is 8.43. The van der Waals surface area contributed by atoms with Crippen molar-refractivity contribution in [2.24, 2.45) is 7.05 Å². The third-order valence-corrected chi connectivity index (χ3v) is 1.48. The van der Waals surface area contributed by atoms with Crippen LogP contribution in [0.4, 0.5) is 0 Å². The number of nitrogens with one attached hydrogen (secondary N) is 1. The van der Waals surface area contributed by atoms with Crippen LogP contribution in [-0.4, -0.2) is 9.55 Å². The van der Waals surface area contributed by atoms with Gasteiger partial charge in [-0.25, -0.2) is 4.98 Å². The van der Waals surface area contributed by atoms with Gasteiger partial charge in [0.05, 0.1) is 0 Å². The molecule has 4 nitrogen and oxygen atoms in total. The maximum absolute atomic E-state index is 8.51. The van der Waals surface area contributed by atoms with E-state index in [1.165, 1.54) is 0 Å². The zero-order valence-corrected chi connectivity index (χ0v) is 6.42. The van der Waals surface area contributed by atoms with Crippen LogP contribution in [0.25, 0.3) is 0 Å². The van der Waals surface area contributed by atoms with Gasteiger partial charge in [0.25, 0.3) is 0 Å². The summed E-state index contributed by atoms with van der Waals surface area (Å²) >= 11 is 0. The molecular formula is C7H8N4. The van der Waals surface area contributed by atoms with E-state index in [1.807, 2.05) is 6.07 Å². The minimum absolute atomic E-state index is 0.0445. The Morgan fingerprint density at radius 2 is 2.36 bits per heavy atom. The Morgan fingerprint density at radius 1 is 1.73 bits per heavy atom. The summed E-state index contributed by atoms with van der Waals surface area (Å²) in [6.45, 7) is 1.79. The molecule has 0 radical (unpaired) electrons. The van der Waals surface area contributed by atoms with Crippen molar-refractivity contribution in [1.29, 1.82) is 10.7 Å². The highest BCUT2D eigenvalue weighted by Crippen LogP contribution is 1.89. The van der Waals surface area contributed by atoms with Gasteiger partial charge in [0.15, 0.2) is 5.49 Å². The fraction of sp³-hybridized carbons (Fsp3) is 0.286. The molecule has 0 saturated heterocycles. The molecule has 11 heavy (non-hydrogen) atoms. The normalized spacial score (nSPS) is 9.18. The van der Waals surface area contributed by atoms with Crippen molar-refractivity contribution in [2.45, 2.75) is 6.92 Å². The largest absolute Gasteiger partial charge is 0.338 e. The number of nitriles is 1. The second-order valence-electron chi connectivity index (χ2n) is 2.27. The molecule has 0 bridgehead atoms. The molecule has 0 fully saturated rings. The SMILES string of the molecule is Cc1nc(=N)c(C#N)cn1C. The summed E-state index contributed by atoms with van der Waals surface area (Å²) < 4.78 is 1.72. The van der Waals surface area contributed by atoms with E-state index in [-0.39, 0.29) is 5.49 Å². The van der Waals surface area contributed by atoms with Crippen LogP contribution in [0.1, 0.15) is 11.4 Å². The Balaban J connectivity index is 3.48. The van der Waals surface area contributed by atoms with Crippen molar-refractivity contribution in [3.63, 3.8) is 0 Å². The Kier molecular flexibility index (Phi) is 1.73. The first-order chi connectivity index (χ1) is 5.15. The number of aromatic nitrogens is 2. The monoisotopic (exact) mass is 148 g/mol. The van der Waals surface area contributed by atoms with Gasteiger partial charge in [0.1, 0.15) is 17.5 Å². The maximum Gasteiger partial charge on any atom is 0.166 e. The fourth-order valence-electron chi connectivity index (χ4n) is 0.731. The van der Waals surface area contributed by atoms with Crippen LogP contribution in [0.5, 0.6) is 0 Å². The van der Waals surface area contributed by atoms with E-state index in [9.17, 15) is 0 Å². The minimum Gasteiger partial charge on any atom is -0.338 e. The molecule has 0 saturated carbocycles. The molecule has 1 aromatic rings. The molecule has 1 N–H and O–H groups in total. The molecule has 1 heterocycles. The summed E-state index contributed by atoms with van der Waals surface area (Å²) in [4.78, 5) is 3.85. The van der Waals surface area contributed by atoms with Crippen LogP contribution in [0.15, 0.2) is 6.20 Å². The second kappa shape index (κ2) is 2.54. The van der Waals surface area contributed by atoms with Crippen molar-refractivity contribution in [3.8, 4) is 6.07 Å². The molecule has 56 valence electrons. The van der Waals surface area contributed by atoms with Gasteiger partial charge in [-0.1, -0.05) is 0 Å². The molecule has 0 atom stereocenters. The van der Waals surface area contributed by atoms with Crippen molar-refractivity contribution in [2.75, 3.05) is 0 Å². The van der Waals surface area contributed by atoms with Gasteiger partial charge in [-0.2, -0.15) is 5.26 Å². The summed E-state index contributed by atoms with van der Waals surface area (Å²) in [5, 5.41) is 15.8. The fourth-order valence-corrected chi connectivity index (χ4v) is 0.731. The highest BCUT2D eigenvalue weighted by molar-refractivity contribution is 5.21. The lowest BCUT2D eigenvalue weighted by molar-refractivity contribution is 0.781. The first-order valence-corrected chi connectivity index (χ1v) is 3.14. The number of rotatable bonds is 0. The molecule has 0 amide bonds. The Bertz CT molecular complexity index is 369. The van der Waals surface area contributed by atoms with E-state index in [2.05, 4.69) is 4.98 Å². The lowest BCUT2D eigenvalue weighted by atomic mass is 10.3. The molecule has 0 aliphatic carbocycles. The Hall–Kier alpha value is -1.63. The highest BCUT2D eigenvalue weighted by Gasteiger charge is 1.97. The molecule has 0 aliphatic heterocycles. The van der Waals surface area contributed by atoms with Gasteiger partial charge in [0.2, 0.25) is 0 Å².